The molecule has 0 spiro atoms. The van der Waals surface area contributed by atoms with Crippen molar-refractivity contribution < 1.29 is 19.1 Å². The second-order valence-corrected chi connectivity index (χ2v) is 8.89. The molecule has 0 saturated carbocycles. The number of methoxy groups -OCH3 is 1. The quantitative estimate of drug-likeness (QED) is 0.332. The van der Waals surface area contributed by atoms with Gasteiger partial charge in [0.1, 0.15) is 11.5 Å². The van der Waals surface area contributed by atoms with Gasteiger partial charge in [0.05, 0.1) is 7.11 Å². The number of allylic oxidation sites excluding steroid dienone is 1. The fourth-order valence-corrected chi connectivity index (χ4v) is 4.19. The van der Waals surface area contributed by atoms with Crippen LogP contribution in [0.3, 0.4) is 0 Å². The van der Waals surface area contributed by atoms with E-state index in [9.17, 15) is 9.59 Å². The summed E-state index contributed by atoms with van der Waals surface area (Å²) in [5.74, 6) is 1.14. The Kier molecular flexibility index (Phi) is 8.89. The summed E-state index contributed by atoms with van der Waals surface area (Å²) in [4.78, 5) is 27.1. The molecule has 0 aromatic heterocycles. The van der Waals surface area contributed by atoms with Gasteiger partial charge in [-0.2, -0.15) is 0 Å². The van der Waals surface area contributed by atoms with Crippen LogP contribution >= 0.6 is 0 Å². The van der Waals surface area contributed by atoms with Gasteiger partial charge < -0.3 is 14.8 Å². The van der Waals surface area contributed by atoms with E-state index in [0.717, 1.165) is 38.0 Å². The van der Waals surface area contributed by atoms with Crippen molar-refractivity contribution in [2.45, 2.75) is 25.4 Å². The third-order valence-corrected chi connectivity index (χ3v) is 6.25. The number of likely N-dealkylation sites (tertiary alicyclic amines) is 1. The molecule has 6 nitrogen and oxygen atoms in total. The molecular formula is C30H32N2O4. The minimum absolute atomic E-state index is 0.0185. The van der Waals surface area contributed by atoms with Crippen LogP contribution in [-0.4, -0.2) is 49.4 Å². The number of piperidine rings is 1. The Morgan fingerprint density at radius 2 is 1.58 bits per heavy atom. The Bertz CT molecular complexity index is 1150. The van der Waals surface area contributed by atoms with Crippen LogP contribution in [0.25, 0.3) is 6.08 Å². The number of benzene rings is 3. The second kappa shape index (κ2) is 12.7. The highest BCUT2D eigenvalue weighted by atomic mass is 16.5. The molecule has 1 aliphatic rings. The lowest BCUT2D eigenvalue weighted by Crippen LogP contribution is -2.45. The van der Waals surface area contributed by atoms with Crippen molar-refractivity contribution in [1.29, 1.82) is 0 Å². The van der Waals surface area contributed by atoms with Gasteiger partial charge in [-0.15, -0.1) is 0 Å². The van der Waals surface area contributed by atoms with E-state index in [-0.39, 0.29) is 24.3 Å². The molecule has 1 fully saturated rings. The lowest BCUT2D eigenvalue weighted by molar-refractivity contribution is -0.124. The number of ketones is 1. The van der Waals surface area contributed by atoms with Crippen LogP contribution in [0.4, 0.5) is 0 Å². The number of carbonyl (C=O) groups excluding carboxylic acids is 2. The summed E-state index contributed by atoms with van der Waals surface area (Å²) in [6.07, 6.45) is 5.17. The molecule has 36 heavy (non-hydrogen) atoms. The number of nitrogens with zero attached hydrogens (tertiary/aromatic N) is 1. The van der Waals surface area contributed by atoms with Gasteiger partial charge in [0, 0.05) is 31.2 Å². The summed E-state index contributed by atoms with van der Waals surface area (Å²) < 4.78 is 10.8. The molecule has 3 aromatic carbocycles. The molecule has 0 radical (unpaired) electrons. The predicted molar refractivity (Wildman–Crippen MR) is 141 cm³/mol. The lowest BCUT2D eigenvalue weighted by Gasteiger charge is -2.32. The van der Waals surface area contributed by atoms with Crippen LogP contribution < -0.4 is 14.8 Å². The summed E-state index contributed by atoms with van der Waals surface area (Å²) in [6.45, 7) is 2.87. The van der Waals surface area contributed by atoms with Gasteiger partial charge in [-0.1, -0.05) is 48.5 Å². The van der Waals surface area contributed by atoms with Crippen LogP contribution in [0.5, 0.6) is 11.5 Å². The van der Waals surface area contributed by atoms with Gasteiger partial charge in [-0.3, -0.25) is 14.5 Å². The molecule has 1 saturated heterocycles. The zero-order chi connectivity index (χ0) is 25.2. The smallest absolute Gasteiger partial charge is 0.258 e. The van der Waals surface area contributed by atoms with Crippen LogP contribution in [0.15, 0.2) is 84.9 Å². The normalized spacial score (nSPS) is 14.5. The van der Waals surface area contributed by atoms with Crippen molar-refractivity contribution in [3.8, 4) is 11.5 Å². The van der Waals surface area contributed by atoms with E-state index in [0.29, 0.717) is 17.1 Å². The second-order valence-electron chi connectivity index (χ2n) is 8.89. The van der Waals surface area contributed by atoms with E-state index in [1.54, 1.807) is 49.6 Å². The first-order valence-electron chi connectivity index (χ1n) is 12.2. The van der Waals surface area contributed by atoms with Crippen LogP contribution in [0.2, 0.25) is 0 Å². The van der Waals surface area contributed by atoms with Crippen LogP contribution in [0.1, 0.15) is 34.3 Å². The van der Waals surface area contributed by atoms with E-state index in [1.165, 1.54) is 11.6 Å². The molecular weight excluding hydrogens is 452 g/mol. The number of nitrogens with one attached hydrogen (secondary N) is 1. The average molecular weight is 485 g/mol. The van der Waals surface area contributed by atoms with E-state index >= 15 is 0 Å². The lowest BCUT2D eigenvalue weighted by atomic mass is 10.0. The van der Waals surface area contributed by atoms with Gasteiger partial charge in [0.25, 0.3) is 5.91 Å². The molecule has 0 atom stereocenters. The highest BCUT2D eigenvalue weighted by Crippen LogP contribution is 2.16. The third-order valence-electron chi connectivity index (χ3n) is 6.25. The molecule has 0 aliphatic carbocycles. The van der Waals surface area contributed by atoms with E-state index in [1.807, 2.05) is 18.2 Å². The number of rotatable bonds is 10. The molecule has 0 bridgehead atoms. The molecule has 6 heteroatoms. The Labute approximate surface area is 212 Å². The molecule has 1 heterocycles. The van der Waals surface area contributed by atoms with Crippen molar-refractivity contribution in [2.75, 3.05) is 26.8 Å². The first kappa shape index (κ1) is 25.2. The molecule has 186 valence electrons. The average Bonchev–Trinajstić information content (AvgIpc) is 2.93. The number of hydrogen-bond donors (Lipinski definition) is 1. The highest BCUT2D eigenvalue weighted by Gasteiger charge is 2.20. The van der Waals surface area contributed by atoms with E-state index < -0.39 is 0 Å². The maximum atomic E-state index is 12.4. The van der Waals surface area contributed by atoms with Gasteiger partial charge in [0.15, 0.2) is 12.4 Å². The van der Waals surface area contributed by atoms with Crippen molar-refractivity contribution in [2.24, 2.45) is 0 Å². The van der Waals surface area contributed by atoms with Gasteiger partial charge >= 0.3 is 0 Å². The van der Waals surface area contributed by atoms with Crippen molar-refractivity contribution in [3.63, 3.8) is 0 Å². The fraction of sp³-hybridized carbons (Fsp3) is 0.267. The van der Waals surface area contributed by atoms with E-state index in [2.05, 4.69) is 34.5 Å². The number of hydrogen-bond acceptors (Lipinski definition) is 5. The Morgan fingerprint density at radius 1 is 0.917 bits per heavy atom. The van der Waals surface area contributed by atoms with Crippen molar-refractivity contribution in [3.05, 3.63) is 102 Å². The van der Waals surface area contributed by atoms with Crippen LogP contribution in [-0.2, 0) is 11.3 Å². The minimum atomic E-state index is -0.106. The number of carbonyl (C=O) groups is 2. The topological polar surface area (TPSA) is 67.9 Å². The summed E-state index contributed by atoms with van der Waals surface area (Å²) in [6, 6.07) is 25.0. The Balaban J connectivity index is 1.17. The largest absolute Gasteiger partial charge is 0.497 e. The first-order chi connectivity index (χ1) is 17.6. The van der Waals surface area contributed by atoms with Crippen molar-refractivity contribution in [1.82, 2.24) is 10.2 Å². The predicted octanol–water partition coefficient (Wildman–Crippen LogP) is 4.75. The minimum Gasteiger partial charge on any atom is -0.497 e. The van der Waals surface area contributed by atoms with Gasteiger partial charge in [0.2, 0.25) is 0 Å². The van der Waals surface area contributed by atoms with E-state index in [4.69, 9.17) is 9.47 Å². The maximum Gasteiger partial charge on any atom is 0.258 e. The Hall–Kier alpha value is -3.90. The summed E-state index contributed by atoms with van der Waals surface area (Å²) in [7, 11) is 1.59. The fourth-order valence-electron chi connectivity index (χ4n) is 4.19. The SMILES string of the molecule is COc1ccc(C(=O)/C=C/c2ccc(OCC(=O)NC3CCN(Cc4ccccc4)CC3)cc2)cc1. The zero-order valence-corrected chi connectivity index (χ0v) is 20.6. The summed E-state index contributed by atoms with van der Waals surface area (Å²) >= 11 is 0. The molecule has 1 N–H and O–H groups in total. The zero-order valence-electron chi connectivity index (χ0n) is 20.6. The molecule has 1 aliphatic heterocycles. The Morgan fingerprint density at radius 3 is 2.25 bits per heavy atom. The van der Waals surface area contributed by atoms with Crippen LogP contribution in [0, 0.1) is 0 Å². The van der Waals surface area contributed by atoms with Gasteiger partial charge in [-0.05, 0) is 66.4 Å². The maximum absolute atomic E-state index is 12.4. The molecule has 0 unspecified atom stereocenters. The third kappa shape index (κ3) is 7.55. The standard InChI is InChI=1S/C30H32N2O4/c1-35-27-14-10-25(11-15-27)29(33)16-9-23-7-12-28(13-8-23)36-22-30(34)31-26-17-19-32(20-18-26)21-24-5-3-2-4-6-24/h2-16,26H,17-22H2,1H3,(H,31,34)/b16-9+. The molecule has 4 rings (SSSR count). The first-order valence-corrected chi connectivity index (χ1v) is 12.2. The monoisotopic (exact) mass is 484 g/mol. The number of ether oxygens (including phenoxy) is 2. The highest BCUT2D eigenvalue weighted by molar-refractivity contribution is 6.06. The van der Waals surface area contributed by atoms with Gasteiger partial charge in [-0.25, -0.2) is 0 Å². The summed E-state index contributed by atoms with van der Waals surface area (Å²) in [5, 5.41) is 3.09. The summed E-state index contributed by atoms with van der Waals surface area (Å²) in [5.41, 5.74) is 2.79. The number of amides is 1. The van der Waals surface area contributed by atoms with Crippen molar-refractivity contribution >= 4 is 17.8 Å². The molecule has 3 aromatic rings. The molecule has 1 amide bonds.